The number of carbonyl (C=O) groups excluding carboxylic acids is 2. The van der Waals surface area contributed by atoms with Crippen LogP contribution < -0.4 is 19.3 Å². The molecule has 0 aliphatic carbocycles. The first-order valence-corrected chi connectivity index (χ1v) is 10.8. The van der Waals surface area contributed by atoms with E-state index < -0.39 is 11.8 Å². The highest BCUT2D eigenvalue weighted by atomic mass is 16.5. The van der Waals surface area contributed by atoms with Gasteiger partial charge in [0.05, 0.1) is 25.0 Å². The van der Waals surface area contributed by atoms with Gasteiger partial charge < -0.3 is 14.4 Å². The molecule has 0 unspecified atom stereocenters. The highest BCUT2D eigenvalue weighted by Crippen LogP contribution is 2.39. The Kier molecular flexibility index (Phi) is 6.45. The SMILES string of the molecule is CCCOc1ccccc1N1C(=O)C(c2ccc(OC)cc2)=C(N(C)c2ccccc2)C1=O. The Morgan fingerprint density at radius 3 is 2.18 bits per heavy atom. The number of nitrogens with zero attached hydrogens (tertiary/aromatic N) is 2. The van der Waals surface area contributed by atoms with Crippen molar-refractivity contribution in [2.45, 2.75) is 13.3 Å². The largest absolute Gasteiger partial charge is 0.497 e. The molecule has 3 aromatic carbocycles. The second kappa shape index (κ2) is 9.61. The van der Waals surface area contributed by atoms with E-state index in [0.29, 0.717) is 40.6 Å². The van der Waals surface area contributed by atoms with Crippen molar-refractivity contribution in [1.29, 1.82) is 0 Å². The van der Waals surface area contributed by atoms with Gasteiger partial charge in [0.25, 0.3) is 11.8 Å². The van der Waals surface area contributed by atoms with Crippen LogP contribution >= 0.6 is 0 Å². The number of likely N-dealkylation sites (N-methyl/N-ethyl adjacent to an activating group) is 1. The summed E-state index contributed by atoms with van der Waals surface area (Å²) in [6.45, 7) is 2.49. The van der Waals surface area contributed by atoms with Gasteiger partial charge in [-0.3, -0.25) is 9.59 Å². The van der Waals surface area contributed by atoms with E-state index >= 15 is 0 Å². The molecule has 0 aromatic heterocycles. The Balaban J connectivity index is 1.84. The molecular formula is C27H26N2O4. The summed E-state index contributed by atoms with van der Waals surface area (Å²) in [6, 6.07) is 23.8. The van der Waals surface area contributed by atoms with Crippen molar-refractivity contribution >= 4 is 28.8 Å². The van der Waals surface area contributed by atoms with Crippen molar-refractivity contribution in [1.82, 2.24) is 0 Å². The fourth-order valence-corrected chi connectivity index (χ4v) is 3.82. The maximum absolute atomic E-state index is 13.8. The summed E-state index contributed by atoms with van der Waals surface area (Å²) in [7, 11) is 3.38. The number of methoxy groups -OCH3 is 1. The predicted octanol–water partition coefficient (Wildman–Crippen LogP) is 4.90. The van der Waals surface area contributed by atoms with Gasteiger partial charge in [0, 0.05) is 12.7 Å². The quantitative estimate of drug-likeness (QED) is 0.464. The minimum atomic E-state index is -0.398. The van der Waals surface area contributed by atoms with Crippen LogP contribution in [0.25, 0.3) is 5.57 Å². The molecule has 0 radical (unpaired) electrons. The third-order valence-corrected chi connectivity index (χ3v) is 5.48. The van der Waals surface area contributed by atoms with Gasteiger partial charge in [-0.05, 0) is 48.4 Å². The molecular weight excluding hydrogens is 416 g/mol. The van der Waals surface area contributed by atoms with Gasteiger partial charge in [-0.25, -0.2) is 4.90 Å². The van der Waals surface area contributed by atoms with Gasteiger partial charge >= 0.3 is 0 Å². The lowest BCUT2D eigenvalue weighted by atomic mass is 10.0. The number of hydrogen-bond acceptors (Lipinski definition) is 5. The van der Waals surface area contributed by atoms with Gasteiger partial charge in [0.15, 0.2) is 0 Å². The zero-order chi connectivity index (χ0) is 23.4. The van der Waals surface area contributed by atoms with Crippen molar-refractivity contribution in [2.75, 3.05) is 30.6 Å². The number of anilines is 2. The zero-order valence-corrected chi connectivity index (χ0v) is 18.9. The molecule has 0 spiro atoms. The molecule has 0 atom stereocenters. The van der Waals surface area contributed by atoms with Crippen LogP contribution in [0.3, 0.4) is 0 Å². The van der Waals surface area contributed by atoms with E-state index in [4.69, 9.17) is 9.47 Å². The third kappa shape index (κ3) is 4.20. The second-order valence-electron chi connectivity index (χ2n) is 7.61. The van der Waals surface area contributed by atoms with Crippen molar-refractivity contribution < 1.29 is 19.1 Å². The highest BCUT2D eigenvalue weighted by molar-refractivity contribution is 6.46. The first-order valence-electron chi connectivity index (χ1n) is 10.8. The van der Waals surface area contributed by atoms with E-state index in [1.165, 1.54) is 4.90 Å². The van der Waals surface area contributed by atoms with Gasteiger partial charge in [-0.2, -0.15) is 0 Å². The van der Waals surface area contributed by atoms with Crippen LogP contribution in [0.15, 0.2) is 84.6 Å². The minimum absolute atomic E-state index is 0.307. The number of para-hydroxylation sites is 3. The number of rotatable bonds is 8. The predicted molar refractivity (Wildman–Crippen MR) is 129 cm³/mol. The minimum Gasteiger partial charge on any atom is -0.497 e. The smallest absolute Gasteiger partial charge is 0.282 e. The lowest BCUT2D eigenvalue weighted by molar-refractivity contribution is -0.120. The molecule has 168 valence electrons. The molecule has 0 fully saturated rings. The van der Waals surface area contributed by atoms with Crippen LogP contribution in [-0.4, -0.2) is 32.6 Å². The average molecular weight is 443 g/mol. The molecule has 0 saturated carbocycles. The summed E-state index contributed by atoms with van der Waals surface area (Å²) in [5.41, 5.74) is 2.52. The van der Waals surface area contributed by atoms with E-state index in [1.54, 1.807) is 61.5 Å². The molecule has 0 saturated heterocycles. The van der Waals surface area contributed by atoms with Crippen molar-refractivity contribution in [2.24, 2.45) is 0 Å². The Labute approximate surface area is 193 Å². The summed E-state index contributed by atoms with van der Waals surface area (Å²) < 4.78 is 11.1. The third-order valence-electron chi connectivity index (χ3n) is 5.48. The van der Waals surface area contributed by atoms with E-state index in [1.807, 2.05) is 43.3 Å². The summed E-state index contributed by atoms with van der Waals surface area (Å²) >= 11 is 0. The van der Waals surface area contributed by atoms with Crippen LogP contribution in [0.4, 0.5) is 11.4 Å². The average Bonchev–Trinajstić information content (AvgIpc) is 3.12. The number of ether oxygens (including phenoxy) is 2. The molecule has 4 rings (SSSR count). The maximum Gasteiger partial charge on any atom is 0.282 e. The fourth-order valence-electron chi connectivity index (χ4n) is 3.82. The number of imide groups is 1. The van der Waals surface area contributed by atoms with Gasteiger partial charge in [0.1, 0.15) is 17.2 Å². The van der Waals surface area contributed by atoms with Crippen molar-refractivity contribution in [3.05, 3.63) is 90.1 Å². The lowest BCUT2D eigenvalue weighted by Crippen LogP contribution is -2.34. The normalized spacial score (nSPS) is 13.5. The number of benzene rings is 3. The second-order valence-corrected chi connectivity index (χ2v) is 7.61. The van der Waals surface area contributed by atoms with Crippen molar-refractivity contribution in [3.8, 4) is 11.5 Å². The van der Waals surface area contributed by atoms with Crippen LogP contribution in [0.5, 0.6) is 11.5 Å². The van der Waals surface area contributed by atoms with E-state index in [2.05, 4.69) is 0 Å². The van der Waals surface area contributed by atoms with Crippen LogP contribution in [0.1, 0.15) is 18.9 Å². The topological polar surface area (TPSA) is 59.1 Å². The first kappa shape index (κ1) is 22.1. The molecule has 3 aromatic rings. The molecule has 1 heterocycles. The Morgan fingerprint density at radius 1 is 0.848 bits per heavy atom. The molecule has 0 bridgehead atoms. The summed E-state index contributed by atoms with van der Waals surface area (Å²) in [4.78, 5) is 30.5. The van der Waals surface area contributed by atoms with Gasteiger partial charge in [0.2, 0.25) is 0 Å². The summed E-state index contributed by atoms with van der Waals surface area (Å²) in [5, 5.41) is 0. The Morgan fingerprint density at radius 2 is 1.52 bits per heavy atom. The lowest BCUT2D eigenvalue weighted by Gasteiger charge is -2.22. The van der Waals surface area contributed by atoms with Crippen LogP contribution in [0.2, 0.25) is 0 Å². The van der Waals surface area contributed by atoms with Gasteiger partial charge in [-0.1, -0.05) is 49.4 Å². The molecule has 6 heteroatoms. The van der Waals surface area contributed by atoms with Gasteiger partial charge in [-0.15, -0.1) is 0 Å². The highest BCUT2D eigenvalue weighted by Gasteiger charge is 2.43. The standard InChI is InChI=1S/C27H26N2O4/c1-4-18-33-23-13-9-8-12-22(23)29-26(30)24(19-14-16-21(32-3)17-15-19)25(27(29)31)28(2)20-10-6-5-7-11-20/h5-17H,4,18H2,1-3H3. The summed E-state index contributed by atoms with van der Waals surface area (Å²) in [5.74, 6) is 0.378. The monoisotopic (exact) mass is 442 g/mol. The first-order chi connectivity index (χ1) is 16.1. The van der Waals surface area contributed by atoms with E-state index in [-0.39, 0.29) is 0 Å². The number of carbonyl (C=O) groups is 2. The summed E-state index contributed by atoms with van der Waals surface area (Å²) in [6.07, 6.45) is 0.813. The van der Waals surface area contributed by atoms with Crippen LogP contribution in [-0.2, 0) is 9.59 Å². The molecule has 0 N–H and O–H groups in total. The molecule has 33 heavy (non-hydrogen) atoms. The maximum atomic E-state index is 13.8. The molecule has 1 aliphatic heterocycles. The van der Waals surface area contributed by atoms with Crippen molar-refractivity contribution in [3.63, 3.8) is 0 Å². The molecule has 6 nitrogen and oxygen atoms in total. The Bertz CT molecular complexity index is 1190. The molecule has 1 aliphatic rings. The van der Waals surface area contributed by atoms with E-state index in [0.717, 1.165) is 12.1 Å². The number of amides is 2. The Hall–Kier alpha value is -4.06. The number of hydrogen-bond donors (Lipinski definition) is 0. The van der Waals surface area contributed by atoms with E-state index in [9.17, 15) is 9.59 Å². The fraction of sp³-hybridized carbons (Fsp3) is 0.185. The van der Waals surface area contributed by atoms with Crippen LogP contribution in [0, 0.1) is 0 Å². The zero-order valence-electron chi connectivity index (χ0n) is 18.9. The molecule has 2 amide bonds.